The lowest BCUT2D eigenvalue weighted by molar-refractivity contribution is -0.140. The number of nitrogens with one attached hydrogen (secondary N) is 1. The predicted molar refractivity (Wildman–Crippen MR) is 173 cm³/mol. The molecular weight excluding hydrogens is 612 g/mol. The molecule has 4 aromatic carbocycles. The average molecular weight is 650 g/mol. The van der Waals surface area contributed by atoms with Crippen molar-refractivity contribution in [1.82, 2.24) is 10.2 Å². The second kappa shape index (κ2) is 16.0. The van der Waals surface area contributed by atoms with Crippen LogP contribution in [0.5, 0.6) is 5.75 Å². The molecule has 0 fully saturated rings. The summed E-state index contributed by atoms with van der Waals surface area (Å²) in [6.45, 7) is 3.42. The maximum atomic E-state index is 15.0. The van der Waals surface area contributed by atoms with E-state index in [1.165, 1.54) is 35.2 Å². The van der Waals surface area contributed by atoms with Crippen molar-refractivity contribution in [1.29, 1.82) is 0 Å². The van der Waals surface area contributed by atoms with E-state index in [1.807, 2.05) is 44.2 Å². The second-order valence-electron chi connectivity index (χ2n) is 10.5. The Morgan fingerprint density at radius 2 is 1.50 bits per heavy atom. The molecule has 46 heavy (non-hydrogen) atoms. The zero-order chi connectivity index (χ0) is 33.1. The molecule has 0 bridgehead atoms. The van der Waals surface area contributed by atoms with Crippen LogP contribution in [0.1, 0.15) is 31.4 Å². The normalized spacial score (nSPS) is 11.8. The fraction of sp³-hybridized carbons (Fsp3) is 0.257. The number of hydrogen-bond donors (Lipinski definition) is 1. The molecule has 0 heterocycles. The number of sulfonamides is 1. The number of benzene rings is 4. The highest BCUT2D eigenvalue weighted by molar-refractivity contribution is 7.92. The minimum absolute atomic E-state index is 0.102. The average Bonchev–Trinajstić information content (AvgIpc) is 3.06. The van der Waals surface area contributed by atoms with Gasteiger partial charge in [-0.05, 0) is 73.5 Å². The highest BCUT2D eigenvalue weighted by Crippen LogP contribution is 2.27. The van der Waals surface area contributed by atoms with E-state index in [-0.39, 0.29) is 29.1 Å². The summed E-state index contributed by atoms with van der Waals surface area (Å²) >= 11 is 0. The number of anilines is 1. The fourth-order valence-corrected chi connectivity index (χ4v) is 6.28. The van der Waals surface area contributed by atoms with Gasteiger partial charge in [0.15, 0.2) is 0 Å². The van der Waals surface area contributed by atoms with Gasteiger partial charge in [-0.3, -0.25) is 13.9 Å². The summed E-state index contributed by atoms with van der Waals surface area (Å²) in [5.74, 6) is -1.90. The molecule has 242 valence electrons. The molecule has 0 aliphatic heterocycles. The highest BCUT2D eigenvalue weighted by atomic mass is 32.2. The third kappa shape index (κ3) is 8.69. The molecule has 4 rings (SSSR count). The fourth-order valence-electron chi connectivity index (χ4n) is 4.87. The molecule has 0 spiro atoms. The van der Waals surface area contributed by atoms with Crippen LogP contribution >= 0.6 is 0 Å². The quantitative estimate of drug-likeness (QED) is 0.178. The lowest BCUT2D eigenvalue weighted by Gasteiger charge is -2.34. The molecule has 0 radical (unpaired) electrons. The molecule has 0 aromatic heterocycles. The molecule has 1 N–H and O–H groups in total. The Labute approximate surface area is 268 Å². The van der Waals surface area contributed by atoms with Gasteiger partial charge in [0.2, 0.25) is 11.8 Å². The van der Waals surface area contributed by atoms with E-state index in [0.717, 1.165) is 34.1 Å². The number of nitrogens with zero attached hydrogens (tertiary/aromatic N) is 2. The van der Waals surface area contributed by atoms with Crippen LogP contribution < -0.4 is 14.4 Å². The maximum Gasteiger partial charge on any atom is 0.264 e. The van der Waals surface area contributed by atoms with E-state index >= 15 is 0 Å². The molecule has 0 saturated heterocycles. The van der Waals surface area contributed by atoms with E-state index in [0.29, 0.717) is 25.3 Å². The first-order valence-corrected chi connectivity index (χ1v) is 16.4. The van der Waals surface area contributed by atoms with Gasteiger partial charge < -0.3 is 15.0 Å². The summed E-state index contributed by atoms with van der Waals surface area (Å²) in [4.78, 5) is 29.0. The number of halogens is 2. The van der Waals surface area contributed by atoms with Crippen molar-refractivity contribution in [2.75, 3.05) is 24.0 Å². The summed E-state index contributed by atoms with van der Waals surface area (Å²) in [6, 6.07) is 24.3. The second-order valence-corrected chi connectivity index (χ2v) is 12.4. The van der Waals surface area contributed by atoms with E-state index in [4.69, 9.17) is 4.74 Å². The molecule has 1 atom stereocenters. The Hall–Kier alpha value is -4.77. The first kappa shape index (κ1) is 34.1. The number of carbonyl (C=O) groups is 2. The van der Waals surface area contributed by atoms with Crippen molar-refractivity contribution in [3.8, 4) is 5.75 Å². The Kier molecular flexibility index (Phi) is 11.9. The van der Waals surface area contributed by atoms with Gasteiger partial charge >= 0.3 is 0 Å². The number of carbonyl (C=O) groups excluding carboxylic acids is 2. The standard InChI is InChI=1S/C35H37F2N3O5S/c1-3-22-38-35(42)33(23-26-10-6-5-7-11-26)39(24-27-12-8-9-13-32(27)37)34(41)25-40(29-16-18-30(19-17-29)45-4-2)46(43,44)31-20-14-28(36)15-21-31/h5-21,33H,3-4,22-25H2,1-2H3,(H,38,42). The zero-order valence-electron chi connectivity index (χ0n) is 25.7. The summed E-state index contributed by atoms with van der Waals surface area (Å²) in [5, 5.41) is 2.85. The van der Waals surface area contributed by atoms with Crippen LogP contribution in [0.15, 0.2) is 108 Å². The van der Waals surface area contributed by atoms with Crippen LogP contribution in [0.3, 0.4) is 0 Å². The van der Waals surface area contributed by atoms with E-state index in [2.05, 4.69) is 5.32 Å². The molecule has 8 nitrogen and oxygen atoms in total. The molecule has 4 aromatic rings. The van der Waals surface area contributed by atoms with Gasteiger partial charge in [-0.25, -0.2) is 17.2 Å². The highest BCUT2D eigenvalue weighted by Gasteiger charge is 2.35. The van der Waals surface area contributed by atoms with Gasteiger partial charge in [-0.1, -0.05) is 55.5 Å². The first-order chi connectivity index (χ1) is 22.1. The maximum absolute atomic E-state index is 15.0. The SMILES string of the molecule is CCCNC(=O)C(Cc1ccccc1)N(Cc1ccccc1F)C(=O)CN(c1ccc(OCC)cc1)S(=O)(=O)c1ccc(F)cc1. The molecule has 1 unspecified atom stereocenters. The number of hydrogen-bond acceptors (Lipinski definition) is 5. The van der Waals surface area contributed by atoms with Gasteiger partial charge in [0.25, 0.3) is 10.0 Å². The van der Waals surface area contributed by atoms with Crippen molar-refractivity contribution in [3.63, 3.8) is 0 Å². The zero-order valence-corrected chi connectivity index (χ0v) is 26.6. The molecular formula is C35H37F2N3O5S. The van der Waals surface area contributed by atoms with Crippen LogP contribution in [0.25, 0.3) is 0 Å². The number of ether oxygens (including phenoxy) is 1. The monoisotopic (exact) mass is 649 g/mol. The van der Waals surface area contributed by atoms with Crippen LogP contribution in [0.4, 0.5) is 14.5 Å². The van der Waals surface area contributed by atoms with E-state index in [9.17, 15) is 26.8 Å². The van der Waals surface area contributed by atoms with E-state index < -0.39 is 46.1 Å². The van der Waals surface area contributed by atoms with Crippen molar-refractivity contribution in [2.24, 2.45) is 0 Å². The first-order valence-electron chi connectivity index (χ1n) is 15.0. The van der Waals surface area contributed by atoms with Crippen molar-refractivity contribution >= 4 is 27.5 Å². The van der Waals surface area contributed by atoms with Gasteiger partial charge in [0.05, 0.1) is 17.2 Å². The predicted octanol–water partition coefficient (Wildman–Crippen LogP) is 5.73. The number of amides is 2. The minimum atomic E-state index is -4.42. The summed E-state index contributed by atoms with van der Waals surface area (Å²) < 4.78 is 63.2. The third-order valence-corrected chi connectivity index (χ3v) is 9.02. The van der Waals surface area contributed by atoms with Crippen LogP contribution in [0, 0.1) is 11.6 Å². The Balaban J connectivity index is 1.80. The van der Waals surface area contributed by atoms with Gasteiger partial charge in [0, 0.05) is 25.1 Å². The third-order valence-electron chi connectivity index (χ3n) is 7.24. The molecule has 0 aliphatic carbocycles. The number of rotatable bonds is 15. The molecule has 2 amide bonds. The van der Waals surface area contributed by atoms with Crippen molar-refractivity contribution in [2.45, 2.75) is 44.2 Å². The van der Waals surface area contributed by atoms with Gasteiger partial charge in [-0.2, -0.15) is 0 Å². The van der Waals surface area contributed by atoms with Gasteiger partial charge in [-0.15, -0.1) is 0 Å². The van der Waals surface area contributed by atoms with Crippen LogP contribution in [-0.2, 0) is 32.6 Å². The minimum Gasteiger partial charge on any atom is -0.494 e. The molecule has 11 heteroatoms. The van der Waals surface area contributed by atoms with Gasteiger partial charge in [0.1, 0.15) is 30.0 Å². The van der Waals surface area contributed by atoms with E-state index in [1.54, 1.807) is 18.2 Å². The topological polar surface area (TPSA) is 96.0 Å². The lowest BCUT2D eigenvalue weighted by Crippen LogP contribution is -2.53. The summed E-state index contributed by atoms with van der Waals surface area (Å²) in [6.07, 6.45) is 0.747. The largest absolute Gasteiger partial charge is 0.494 e. The van der Waals surface area contributed by atoms with Crippen molar-refractivity contribution in [3.05, 3.63) is 126 Å². The Morgan fingerprint density at radius 1 is 0.848 bits per heavy atom. The van der Waals surface area contributed by atoms with Crippen LogP contribution in [0.2, 0.25) is 0 Å². The molecule has 0 aliphatic rings. The smallest absolute Gasteiger partial charge is 0.264 e. The summed E-state index contributed by atoms with van der Waals surface area (Å²) in [5.41, 5.74) is 1.06. The lowest BCUT2D eigenvalue weighted by atomic mass is 10.0. The van der Waals surface area contributed by atoms with Crippen molar-refractivity contribution < 1.29 is 31.5 Å². The Morgan fingerprint density at radius 3 is 2.13 bits per heavy atom. The Bertz CT molecular complexity index is 1700. The molecule has 0 saturated carbocycles. The van der Waals surface area contributed by atoms with Crippen LogP contribution in [-0.4, -0.2) is 50.9 Å². The summed E-state index contributed by atoms with van der Waals surface area (Å²) in [7, 11) is -4.42.